The monoisotopic (exact) mass is 165 g/mol. The highest BCUT2D eigenvalue weighted by molar-refractivity contribution is 5.07. The Bertz CT molecular complexity index is 191. The third-order valence-electron chi connectivity index (χ3n) is 4.87. The first-order valence-corrected chi connectivity index (χ1v) is 5.58. The topological polar surface area (TPSA) is 26.0 Å². The highest BCUT2D eigenvalue weighted by atomic mass is 14.8. The molecule has 4 aliphatic carbocycles. The summed E-state index contributed by atoms with van der Waals surface area (Å²) in [5.41, 5.74) is 6.77. The van der Waals surface area contributed by atoms with Gasteiger partial charge in [0, 0.05) is 5.54 Å². The SMILES string of the molecule is NC12CCC(CC1)C1CCCC12. The van der Waals surface area contributed by atoms with Gasteiger partial charge in [0.05, 0.1) is 0 Å². The van der Waals surface area contributed by atoms with Gasteiger partial charge in [0.25, 0.3) is 0 Å². The normalized spacial score (nSPS) is 57.2. The number of rotatable bonds is 0. The summed E-state index contributed by atoms with van der Waals surface area (Å²) in [5.74, 6) is 3.03. The molecule has 2 N–H and O–H groups in total. The Hall–Kier alpha value is -0.0400. The number of fused-ring (bicyclic) bond motifs is 2. The number of nitrogens with two attached hydrogens (primary N) is 1. The Kier molecular flexibility index (Phi) is 1.39. The quantitative estimate of drug-likeness (QED) is 0.585. The van der Waals surface area contributed by atoms with E-state index >= 15 is 0 Å². The fourth-order valence-corrected chi connectivity index (χ4v) is 4.24. The Morgan fingerprint density at radius 2 is 1.75 bits per heavy atom. The molecule has 4 aliphatic rings. The van der Waals surface area contributed by atoms with Gasteiger partial charge in [-0.25, -0.2) is 0 Å². The molecule has 2 bridgehead atoms. The number of hydrogen-bond donors (Lipinski definition) is 1. The summed E-state index contributed by atoms with van der Waals surface area (Å²) in [7, 11) is 0. The first-order valence-electron chi connectivity index (χ1n) is 5.58. The van der Waals surface area contributed by atoms with E-state index < -0.39 is 0 Å². The average molecular weight is 165 g/mol. The van der Waals surface area contributed by atoms with Gasteiger partial charge in [-0.2, -0.15) is 0 Å². The maximum absolute atomic E-state index is 6.48. The highest BCUT2D eigenvalue weighted by Crippen LogP contribution is 2.56. The van der Waals surface area contributed by atoms with Gasteiger partial charge in [0.2, 0.25) is 0 Å². The lowest BCUT2D eigenvalue weighted by Crippen LogP contribution is -2.57. The minimum absolute atomic E-state index is 0.288. The van der Waals surface area contributed by atoms with Crippen molar-refractivity contribution >= 4 is 0 Å². The summed E-state index contributed by atoms with van der Waals surface area (Å²) < 4.78 is 0. The Morgan fingerprint density at radius 3 is 2.42 bits per heavy atom. The Balaban J connectivity index is 1.95. The molecular formula is C11H19N. The molecule has 0 heterocycles. The second-order valence-corrected chi connectivity index (χ2v) is 5.27. The predicted molar refractivity (Wildman–Crippen MR) is 49.7 cm³/mol. The molecule has 0 amide bonds. The zero-order valence-corrected chi connectivity index (χ0v) is 7.76. The van der Waals surface area contributed by atoms with Crippen molar-refractivity contribution in [3.05, 3.63) is 0 Å². The fraction of sp³-hybridized carbons (Fsp3) is 1.00. The molecule has 0 aliphatic heterocycles. The maximum atomic E-state index is 6.48. The van der Waals surface area contributed by atoms with Crippen LogP contribution in [-0.2, 0) is 0 Å². The van der Waals surface area contributed by atoms with E-state index in [0.29, 0.717) is 0 Å². The van der Waals surface area contributed by atoms with Crippen LogP contribution in [0.2, 0.25) is 0 Å². The van der Waals surface area contributed by atoms with E-state index in [9.17, 15) is 0 Å². The van der Waals surface area contributed by atoms with Crippen LogP contribution >= 0.6 is 0 Å². The maximum Gasteiger partial charge on any atom is 0.0185 e. The number of hydrogen-bond acceptors (Lipinski definition) is 1. The predicted octanol–water partition coefficient (Wildman–Crippen LogP) is 2.30. The molecule has 0 radical (unpaired) electrons. The van der Waals surface area contributed by atoms with Crippen molar-refractivity contribution < 1.29 is 0 Å². The van der Waals surface area contributed by atoms with Crippen molar-refractivity contribution in [2.45, 2.75) is 50.5 Å². The van der Waals surface area contributed by atoms with Crippen LogP contribution in [0.3, 0.4) is 0 Å². The summed E-state index contributed by atoms with van der Waals surface area (Å²) in [4.78, 5) is 0. The third kappa shape index (κ3) is 0.783. The lowest BCUT2D eigenvalue weighted by molar-refractivity contribution is 0.0205. The van der Waals surface area contributed by atoms with Crippen LogP contribution in [0, 0.1) is 17.8 Å². The van der Waals surface area contributed by atoms with Crippen LogP contribution < -0.4 is 5.73 Å². The fourth-order valence-electron chi connectivity index (χ4n) is 4.24. The van der Waals surface area contributed by atoms with Crippen LogP contribution in [0.5, 0.6) is 0 Å². The standard InChI is InChI=1S/C11H19N/c12-11-6-4-8(5-7-11)9-2-1-3-10(9)11/h8-10H,1-7,12H2. The summed E-state index contributed by atoms with van der Waals surface area (Å²) in [6, 6.07) is 0. The van der Waals surface area contributed by atoms with Gasteiger partial charge >= 0.3 is 0 Å². The molecule has 0 saturated heterocycles. The van der Waals surface area contributed by atoms with E-state index in [-0.39, 0.29) is 5.54 Å². The molecule has 68 valence electrons. The van der Waals surface area contributed by atoms with Gasteiger partial charge in [-0.05, 0) is 56.3 Å². The van der Waals surface area contributed by atoms with E-state index in [2.05, 4.69) is 0 Å². The van der Waals surface area contributed by atoms with Crippen molar-refractivity contribution in [2.75, 3.05) is 0 Å². The summed E-state index contributed by atoms with van der Waals surface area (Å²) in [5, 5.41) is 0. The molecule has 2 unspecified atom stereocenters. The van der Waals surface area contributed by atoms with E-state index in [1.807, 2.05) is 0 Å². The molecule has 0 aromatic carbocycles. The minimum atomic E-state index is 0.288. The van der Waals surface area contributed by atoms with Gasteiger partial charge in [-0.15, -0.1) is 0 Å². The molecule has 0 spiro atoms. The first kappa shape index (κ1) is 7.37. The smallest absolute Gasteiger partial charge is 0.0185 e. The van der Waals surface area contributed by atoms with E-state index in [1.54, 1.807) is 0 Å². The molecule has 12 heavy (non-hydrogen) atoms. The lowest BCUT2D eigenvalue weighted by atomic mass is 9.56. The largest absolute Gasteiger partial charge is 0.325 e. The van der Waals surface area contributed by atoms with E-state index in [1.165, 1.54) is 44.9 Å². The molecule has 4 saturated carbocycles. The van der Waals surface area contributed by atoms with Gasteiger partial charge in [0.15, 0.2) is 0 Å². The van der Waals surface area contributed by atoms with Crippen LogP contribution in [0.4, 0.5) is 0 Å². The van der Waals surface area contributed by atoms with E-state index in [4.69, 9.17) is 5.73 Å². The van der Waals surface area contributed by atoms with Crippen molar-refractivity contribution in [3.8, 4) is 0 Å². The van der Waals surface area contributed by atoms with Crippen molar-refractivity contribution in [1.29, 1.82) is 0 Å². The Morgan fingerprint density at radius 1 is 1.00 bits per heavy atom. The summed E-state index contributed by atoms with van der Waals surface area (Å²) >= 11 is 0. The highest BCUT2D eigenvalue weighted by Gasteiger charge is 2.52. The van der Waals surface area contributed by atoms with Gasteiger partial charge in [0.1, 0.15) is 0 Å². The molecule has 1 heteroatoms. The second-order valence-electron chi connectivity index (χ2n) is 5.27. The van der Waals surface area contributed by atoms with Gasteiger partial charge < -0.3 is 5.73 Å². The first-order chi connectivity index (χ1) is 5.80. The molecule has 2 atom stereocenters. The van der Waals surface area contributed by atoms with Crippen LogP contribution in [0.25, 0.3) is 0 Å². The van der Waals surface area contributed by atoms with Crippen LogP contribution in [0.15, 0.2) is 0 Å². The molecule has 0 aromatic rings. The van der Waals surface area contributed by atoms with Crippen LogP contribution in [0.1, 0.15) is 44.9 Å². The lowest BCUT2D eigenvalue weighted by Gasteiger charge is -2.52. The van der Waals surface area contributed by atoms with Gasteiger partial charge in [-0.3, -0.25) is 0 Å². The minimum Gasteiger partial charge on any atom is -0.325 e. The van der Waals surface area contributed by atoms with Crippen molar-refractivity contribution in [3.63, 3.8) is 0 Å². The zero-order chi connectivity index (χ0) is 8.18. The second kappa shape index (κ2) is 2.25. The zero-order valence-electron chi connectivity index (χ0n) is 7.76. The van der Waals surface area contributed by atoms with Crippen LogP contribution in [-0.4, -0.2) is 5.54 Å². The van der Waals surface area contributed by atoms with Gasteiger partial charge in [-0.1, -0.05) is 6.42 Å². The molecular weight excluding hydrogens is 146 g/mol. The molecule has 0 aromatic heterocycles. The Labute approximate surface area is 74.7 Å². The molecule has 4 rings (SSSR count). The molecule has 4 fully saturated rings. The van der Waals surface area contributed by atoms with Crippen molar-refractivity contribution in [2.24, 2.45) is 23.5 Å². The summed E-state index contributed by atoms with van der Waals surface area (Å²) in [6.07, 6.45) is 9.95. The third-order valence-corrected chi connectivity index (χ3v) is 4.87. The van der Waals surface area contributed by atoms with E-state index in [0.717, 1.165) is 17.8 Å². The van der Waals surface area contributed by atoms with Crippen molar-refractivity contribution in [1.82, 2.24) is 0 Å². The summed E-state index contributed by atoms with van der Waals surface area (Å²) in [6.45, 7) is 0. The average Bonchev–Trinajstić information content (AvgIpc) is 2.55. The molecule has 1 nitrogen and oxygen atoms in total.